The van der Waals surface area contributed by atoms with Gasteiger partial charge in [-0.2, -0.15) is 0 Å². The molecular weight excluding hydrogens is 314 g/mol. The molecule has 0 bridgehead atoms. The second-order valence-corrected chi connectivity index (χ2v) is 6.23. The third-order valence-corrected chi connectivity index (χ3v) is 4.39. The number of rotatable bonds is 5. The van der Waals surface area contributed by atoms with Crippen molar-refractivity contribution in [3.8, 4) is 0 Å². The average molecular weight is 339 g/mol. The Labute approximate surface area is 148 Å². The maximum Gasteiger partial charge on any atom is 0.254 e. The lowest BCUT2D eigenvalue weighted by Crippen LogP contribution is -2.43. The molecule has 2 N–H and O–H groups in total. The van der Waals surface area contributed by atoms with Gasteiger partial charge in [0.15, 0.2) is 0 Å². The average Bonchev–Trinajstić information content (AvgIpc) is 2.63. The number of aromatic nitrogens is 2. The summed E-state index contributed by atoms with van der Waals surface area (Å²) in [6, 6.07) is 8.59. The first-order chi connectivity index (χ1) is 12.2. The highest BCUT2D eigenvalue weighted by Gasteiger charge is 2.12. The molecule has 1 aliphatic heterocycles. The molecule has 0 aliphatic carbocycles. The van der Waals surface area contributed by atoms with Gasteiger partial charge in [-0.05, 0) is 31.5 Å². The van der Waals surface area contributed by atoms with Crippen LogP contribution in [0, 0.1) is 6.92 Å². The fourth-order valence-electron chi connectivity index (χ4n) is 3.01. The Kier molecular flexibility index (Phi) is 5.60. The quantitative estimate of drug-likeness (QED) is 0.865. The topological polar surface area (TPSA) is 70.2 Å². The lowest BCUT2D eigenvalue weighted by atomic mass is 10.1. The molecule has 0 atom stereocenters. The number of carbonyl (C=O) groups excluding carboxylic acids is 1. The highest BCUT2D eigenvalue weighted by atomic mass is 16.1. The number of carbonyl (C=O) groups is 1. The van der Waals surface area contributed by atoms with Crippen molar-refractivity contribution in [2.45, 2.75) is 20.3 Å². The summed E-state index contributed by atoms with van der Waals surface area (Å²) < 4.78 is 0. The SMILES string of the molecule is CCNC(=O)c1cnc(Cc2ccc(N3CCNCC3)cc2)nc1C. The predicted octanol–water partition coefficient (Wildman–Crippen LogP) is 1.54. The molecule has 25 heavy (non-hydrogen) atoms. The molecular formula is C19H25N5O. The van der Waals surface area contributed by atoms with E-state index in [0.29, 0.717) is 24.2 Å². The third-order valence-electron chi connectivity index (χ3n) is 4.39. The second-order valence-electron chi connectivity index (χ2n) is 6.23. The van der Waals surface area contributed by atoms with Crippen molar-refractivity contribution in [2.24, 2.45) is 0 Å². The van der Waals surface area contributed by atoms with Crippen molar-refractivity contribution >= 4 is 11.6 Å². The molecule has 0 saturated carbocycles. The molecule has 6 nitrogen and oxygen atoms in total. The molecule has 1 amide bonds. The van der Waals surface area contributed by atoms with Gasteiger partial charge in [0.05, 0.1) is 11.3 Å². The summed E-state index contributed by atoms with van der Waals surface area (Å²) in [6.45, 7) is 8.50. The van der Waals surface area contributed by atoms with Crippen molar-refractivity contribution in [3.63, 3.8) is 0 Å². The largest absolute Gasteiger partial charge is 0.369 e. The highest BCUT2D eigenvalue weighted by Crippen LogP contribution is 2.17. The summed E-state index contributed by atoms with van der Waals surface area (Å²) >= 11 is 0. The van der Waals surface area contributed by atoms with Crippen LogP contribution in [0.4, 0.5) is 5.69 Å². The highest BCUT2D eigenvalue weighted by molar-refractivity contribution is 5.94. The fourth-order valence-corrected chi connectivity index (χ4v) is 3.01. The number of anilines is 1. The van der Waals surface area contributed by atoms with Gasteiger partial charge in [0.25, 0.3) is 5.91 Å². The number of hydrogen-bond acceptors (Lipinski definition) is 5. The number of piperazine rings is 1. The van der Waals surface area contributed by atoms with Gasteiger partial charge >= 0.3 is 0 Å². The number of amides is 1. The fraction of sp³-hybridized carbons (Fsp3) is 0.421. The van der Waals surface area contributed by atoms with Gasteiger partial charge in [-0.15, -0.1) is 0 Å². The molecule has 1 aliphatic rings. The Morgan fingerprint density at radius 1 is 1.24 bits per heavy atom. The molecule has 6 heteroatoms. The van der Waals surface area contributed by atoms with E-state index in [2.05, 4.69) is 49.8 Å². The van der Waals surface area contributed by atoms with E-state index in [0.717, 1.165) is 32.0 Å². The van der Waals surface area contributed by atoms with E-state index in [4.69, 9.17) is 0 Å². The minimum atomic E-state index is -0.119. The van der Waals surface area contributed by atoms with E-state index >= 15 is 0 Å². The minimum Gasteiger partial charge on any atom is -0.369 e. The van der Waals surface area contributed by atoms with Crippen LogP contribution in [0.15, 0.2) is 30.5 Å². The van der Waals surface area contributed by atoms with E-state index in [1.165, 1.54) is 11.3 Å². The van der Waals surface area contributed by atoms with Crippen LogP contribution in [0.2, 0.25) is 0 Å². The van der Waals surface area contributed by atoms with Crippen LogP contribution in [-0.2, 0) is 6.42 Å². The molecule has 1 fully saturated rings. The zero-order valence-electron chi connectivity index (χ0n) is 14.9. The van der Waals surface area contributed by atoms with Crippen LogP contribution in [0.1, 0.15) is 34.4 Å². The molecule has 1 aromatic carbocycles. The number of aryl methyl sites for hydroxylation is 1. The van der Waals surface area contributed by atoms with Gasteiger partial charge in [0.1, 0.15) is 5.82 Å². The Bertz CT molecular complexity index is 723. The Morgan fingerprint density at radius 2 is 1.96 bits per heavy atom. The maximum atomic E-state index is 11.9. The Balaban J connectivity index is 1.67. The van der Waals surface area contributed by atoms with Crippen LogP contribution in [0.5, 0.6) is 0 Å². The summed E-state index contributed by atoms with van der Waals surface area (Å²) in [4.78, 5) is 23.2. The standard InChI is InChI=1S/C19H25N5O/c1-3-21-19(25)17-13-22-18(23-14(17)2)12-15-4-6-16(7-5-15)24-10-8-20-9-11-24/h4-7,13,20H,3,8-12H2,1-2H3,(H,21,25). The van der Waals surface area contributed by atoms with Crippen LogP contribution in [-0.4, -0.2) is 48.6 Å². The van der Waals surface area contributed by atoms with Gasteiger partial charge in [-0.3, -0.25) is 4.79 Å². The lowest BCUT2D eigenvalue weighted by molar-refractivity contribution is 0.0954. The molecule has 0 radical (unpaired) electrons. The third kappa shape index (κ3) is 4.33. The normalized spacial score (nSPS) is 14.4. The second kappa shape index (κ2) is 8.07. The number of nitrogens with one attached hydrogen (secondary N) is 2. The molecule has 3 rings (SSSR count). The molecule has 1 saturated heterocycles. The number of hydrogen-bond donors (Lipinski definition) is 2. The molecule has 2 aromatic rings. The lowest BCUT2D eigenvalue weighted by Gasteiger charge is -2.29. The summed E-state index contributed by atoms with van der Waals surface area (Å²) in [5.74, 6) is 0.618. The van der Waals surface area contributed by atoms with Crippen molar-refractivity contribution in [1.82, 2.24) is 20.6 Å². The first kappa shape index (κ1) is 17.4. The smallest absolute Gasteiger partial charge is 0.254 e. The Hall–Kier alpha value is -2.47. The van der Waals surface area contributed by atoms with E-state index in [1.54, 1.807) is 6.20 Å². The van der Waals surface area contributed by atoms with Gasteiger partial charge in [0, 0.05) is 51.0 Å². The van der Waals surface area contributed by atoms with E-state index < -0.39 is 0 Å². The van der Waals surface area contributed by atoms with Crippen molar-refractivity contribution in [1.29, 1.82) is 0 Å². The first-order valence-corrected chi connectivity index (χ1v) is 8.82. The van der Waals surface area contributed by atoms with Crippen molar-refractivity contribution in [2.75, 3.05) is 37.6 Å². The van der Waals surface area contributed by atoms with Crippen LogP contribution in [0.25, 0.3) is 0 Å². The van der Waals surface area contributed by atoms with Gasteiger partial charge in [0.2, 0.25) is 0 Å². The zero-order chi connectivity index (χ0) is 17.6. The Morgan fingerprint density at radius 3 is 2.60 bits per heavy atom. The predicted molar refractivity (Wildman–Crippen MR) is 99.1 cm³/mol. The summed E-state index contributed by atoms with van der Waals surface area (Å²) in [5.41, 5.74) is 3.69. The molecule has 2 heterocycles. The number of nitrogens with zero attached hydrogens (tertiary/aromatic N) is 3. The van der Waals surface area contributed by atoms with Crippen molar-refractivity contribution < 1.29 is 4.79 Å². The maximum absolute atomic E-state index is 11.9. The van der Waals surface area contributed by atoms with Gasteiger partial charge in [-0.25, -0.2) is 9.97 Å². The van der Waals surface area contributed by atoms with Crippen LogP contribution < -0.4 is 15.5 Å². The van der Waals surface area contributed by atoms with Gasteiger partial charge < -0.3 is 15.5 Å². The van der Waals surface area contributed by atoms with E-state index in [9.17, 15) is 4.79 Å². The van der Waals surface area contributed by atoms with Crippen molar-refractivity contribution in [3.05, 3.63) is 53.1 Å². The molecule has 1 aromatic heterocycles. The summed E-state index contributed by atoms with van der Waals surface area (Å²) in [7, 11) is 0. The first-order valence-electron chi connectivity index (χ1n) is 8.82. The van der Waals surface area contributed by atoms with Gasteiger partial charge in [-0.1, -0.05) is 12.1 Å². The van der Waals surface area contributed by atoms with Crippen LogP contribution in [0.3, 0.4) is 0 Å². The summed E-state index contributed by atoms with van der Waals surface area (Å²) in [6.07, 6.45) is 2.29. The minimum absolute atomic E-state index is 0.119. The molecule has 0 unspecified atom stereocenters. The summed E-state index contributed by atoms with van der Waals surface area (Å²) in [5, 5.41) is 6.15. The molecule has 0 spiro atoms. The van der Waals surface area contributed by atoms with E-state index in [-0.39, 0.29) is 5.91 Å². The number of benzene rings is 1. The monoisotopic (exact) mass is 339 g/mol. The molecule has 132 valence electrons. The van der Waals surface area contributed by atoms with Crippen LogP contribution >= 0.6 is 0 Å². The van der Waals surface area contributed by atoms with E-state index in [1.807, 2.05) is 13.8 Å². The zero-order valence-corrected chi connectivity index (χ0v) is 14.9.